The lowest BCUT2D eigenvalue weighted by Crippen LogP contribution is -2.41. The molecular formula is C13H21N3O2S. The van der Waals surface area contributed by atoms with Crippen molar-refractivity contribution >= 4 is 23.2 Å². The second kappa shape index (κ2) is 7.89. The lowest BCUT2D eigenvalue weighted by Gasteiger charge is -2.20. The van der Waals surface area contributed by atoms with Gasteiger partial charge in [-0.25, -0.2) is 4.98 Å². The Morgan fingerprint density at radius 2 is 2.11 bits per heavy atom. The molecule has 0 unspecified atom stereocenters. The van der Waals surface area contributed by atoms with Crippen LogP contribution >= 0.6 is 11.3 Å². The van der Waals surface area contributed by atoms with Crippen LogP contribution in [0.3, 0.4) is 0 Å². The standard InChI is InChI=1S/C13H21N3O2S/c1-4-6-14-12(17)8-16(7-5-2)13(18)11-9-19-10(3)15-11/h9H,4-8H2,1-3H3,(H,14,17). The number of carbonyl (C=O) groups excluding carboxylic acids is 2. The highest BCUT2D eigenvalue weighted by Gasteiger charge is 2.19. The van der Waals surface area contributed by atoms with Gasteiger partial charge in [-0.1, -0.05) is 13.8 Å². The lowest BCUT2D eigenvalue weighted by molar-refractivity contribution is -0.121. The van der Waals surface area contributed by atoms with Crippen molar-refractivity contribution in [1.82, 2.24) is 15.2 Å². The zero-order chi connectivity index (χ0) is 14.3. The first-order valence-electron chi connectivity index (χ1n) is 6.56. The predicted molar refractivity (Wildman–Crippen MR) is 76.3 cm³/mol. The summed E-state index contributed by atoms with van der Waals surface area (Å²) in [5, 5.41) is 5.38. The summed E-state index contributed by atoms with van der Waals surface area (Å²) in [6.07, 6.45) is 1.70. The molecule has 0 saturated carbocycles. The van der Waals surface area contributed by atoms with Crippen LogP contribution in [0.5, 0.6) is 0 Å². The van der Waals surface area contributed by atoms with Crippen LogP contribution in [0.25, 0.3) is 0 Å². The van der Waals surface area contributed by atoms with Crippen molar-refractivity contribution in [3.05, 3.63) is 16.1 Å². The van der Waals surface area contributed by atoms with Gasteiger partial charge in [-0.15, -0.1) is 11.3 Å². The summed E-state index contributed by atoms with van der Waals surface area (Å²) in [7, 11) is 0. The minimum Gasteiger partial charge on any atom is -0.355 e. The molecule has 106 valence electrons. The highest BCUT2D eigenvalue weighted by molar-refractivity contribution is 7.09. The van der Waals surface area contributed by atoms with Gasteiger partial charge < -0.3 is 10.2 Å². The van der Waals surface area contributed by atoms with E-state index in [9.17, 15) is 9.59 Å². The molecule has 19 heavy (non-hydrogen) atoms. The highest BCUT2D eigenvalue weighted by Crippen LogP contribution is 2.10. The van der Waals surface area contributed by atoms with Crippen molar-refractivity contribution in [2.24, 2.45) is 0 Å². The molecule has 0 aromatic carbocycles. The number of aryl methyl sites for hydroxylation is 1. The van der Waals surface area contributed by atoms with Crippen molar-refractivity contribution in [3.63, 3.8) is 0 Å². The van der Waals surface area contributed by atoms with E-state index in [1.54, 1.807) is 10.3 Å². The molecule has 1 heterocycles. The molecule has 1 rings (SSSR count). The Balaban J connectivity index is 2.66. The minimum absolute atomic E-state index is 0.100. The number of amides is 2. The maximum atomic E-state index is 12.2. The molecule has 0 bridgehead atoms. The average Bonchev–Trinajstić information content (AvgIpc) is 2.81. The van der Waals surface area contributed by atoms with Crippen molar-refractivity contribution in [2.75, 3.05) is 19.6 Å². The monoisotopic (exact) mass is 283 g/mol. The first-order valence-corrected chi connectivity index (χ1v) is 7.44. The number of carbonyl (C=O) groups is 2. The van der Waals surface area contributed by atoms with Crippen LogP contribution in [-0.4, -0.2) is 41.3 Å². The number of aromatic nitrogens is 1. The summed E-state index contributed by atoms with van der Waals surface area (Å²) in [6, 6.07) is 0. The maximum absolute atomic E-state index is 12.2. The fourth-order valence-corrected chi connectivity index (χ4v) is 2.23. The van der Waals surface area contributed by atoms with Crippen molar-refractivity contribution in [2.45, 2.75) is 33.6 Å². The Morgan fingerprint density at radius 1 is 1.37 bits per heavy atom. The molecule has 0 aliphatic rings. The summed E-state index contributed by atoms with van der Waals surface area (Å²) in [6.45, 7) is 7.14. The third kappa shape index (κ3) is 4.98. The van der Waals surface area contributed by atoms with Crippen molar-refractivity contribution in [3.8, 4) is 0 Å². The number of thiazole rings is 1. The molecular weight excluding hydrogens is 262 g/mol. The summed E-state index contributed by atoms with van der Waals surface area (Å²) in [4.78, 5) is 29.7. The summed E-state index contributed by atoms with van der Waals surface area (Å²) >= 11 is 1.44. The van der Waals surface area contributed by atoms with E-state index < -0.39 is 0 Å². The van der Waals surface area contributed by atoms with Crippen LogP contribution in [0.15, 0.2) is 5.38 Å². The van der Waals surface area contributed by atoms with Crippen LogP contribution in [0.1, 0.15) is 42.2 Å². The number of nitrogens with one attached hydrogen (secondary N) is 1. The Hall–Kier alpha value is -1.43. The van der Waals surface area contributed by atoms with Gasteiger partial charge in [0, 0.05) is 18.5 Å². The molecule has 0 fully saturated rings. The third-order valence-corrected chi connectivity index (χ3v) is 3.30. The molecule has 0 saturated heterocycles. The number of hydrogen-bond acceptors (Lipinski definition) is 4. The van der Waals surface area contributed by atoms with E-state index >= 15 is 0 Å². The maximum Gasteiger partial charge on any atom is 0.273 e. The smallest absolute Gasteiger partial charge is 0.273 e. The SMILES string of the molecule is CCCNC(=O)CN(CCC)C(=O)c1csc(C)n1. The van der Waals surface area contributed by atoms with Gasteiger partial charge in [0.15, 0.2) is 0 Å². The molecule has 0 aliphatic heterocycles. The second-order valence-corrected chi connectivity index (χ2v) is 5.39. The molecule has 0 spiro atoms. The van der Waals surface area contributed by atoms with E-state index in [2.05, 4.69) is 10.3 Å². The van der Waals surface area contributed by atoms with Crippen molar-refractivity contribution < 1.29 is 9.59 Å². The van der Waals surface area contributed by atoms with Gasteiger partial charge in [-0.2, -0.15) is 0 Å². The predicted octanol–water partition coefficient (Wildman–Crippen LogP) is 1.83. The quantitative estimate of drug-likeness (QED) is 0.830. The third-order valence-electron chi connectivity index (χ3n) is 2.53. The Kier molecular flexibility index (Phi) is 6.49. The van der Waals surface area contributed by atoms with Crippen LogP contribution < -0.4 is 5.32 Å². The van der Waals surface area contributed by atoms with E-state index in [-0.39, 0.29) is 18.4 Å². The molecule has 1 aromatic rings. The van der Waals surface area contributed by atoms with E-state index in [0.717, 1.165) is 17.8 Å². The molecule has 0 atom stereocenters. The lowest BCUT2D eigenvalue weighted by atomic mass is 10.3. The number of nitrogens with zero attached hydrogens (tertiary/aromatic N) is 2. The normalized spacial score (nSPS) is 10.3. The average molecular weight is 283 g/mol. The highest BCUT2D eigenvalue weighted by atomic mass is 32.1. The van der Waals surface area contributed by atoms with Crippen LogP contribution in [0.4, 0.5) is 0 Å². The largest absolute Gasteiger partial charge is 0.355 e. The second-order valence-electron chi connectivity index (χ2n) is 4.33. The first-order chi connectivity index (χ1) is 9.08. The fraction of sp³-hybridized carbons (Fsp3) is 0.615. The summed E-state index contributed by atoms with van der Waals surface area (Å²) in [5.74, 6) is -0.284. The van der Waals surface area contributed by atoms with E-state index in [0.29, 0.717) is 18.8 Å². The van der Waals surface area contributed by atoms with E-state index in [1.807, 2.05) is 20.8 Å². The molecule has 1 N–H and O–H groups in total. The van der Waals surface area contributed by atoms with Crippen LogP contribution in [0.2, 0.25) is 0 Å². The van der Waals surface area contributed by atoms with Gasteiger partial charge >= 0.3 is 0 Å². The fourth-order valence-electron chi connectivity index (χ4n) is 1.64. The molecule has 6 heteroatoms. The molecule has 5 nitrogen and oxygen atoms in total. The first kappa shape index (κ1) is 15.6. The van der Waals surface area contributed by atoms with E-state index in [1.165, 1.54) is 11.3 Å². The number of rotatable bonds is 7. The molecule has 2 amide bonds. The summed E-state index contributed by atoms with van der Waals surface area (Å²) < 4.78 is 0. The molecule has 1 aromatic heterocycles. The van der Waals surface area contributed by atoms with Gasteiger partial charge in [0.05, 0.1) is 11.6 Å². The van der Waals surface area contributed by atoms with Gasteiger partial charge in [-0.3, -0.25) is 9.59 Å². The Morgan fingerprint density at radius 3 is 2.63 bits per heavy atom. The van der Waals surface area contributed by atoms with Crippen LogP contribution in [0, 0.1) is 6.92 Å². The summed E-state index contributed by atoms with van der Waals surface area (Å²) in [5.41, 5.74) is 0.430. The topological polar surface area (TPSA) is 62.3 Å². The van der Waals surface area contributed by atoms with Crippen LogP contribution in [-0.2, 0) is 4.79 Å². The Labute approximate surface area is 118 Å². The zero-order valence-electron chi connectivity index (χ0n) is 11.7. The van der Waals surface area contributed by atoms with Crippen molar-refractivity contribution in [1.29, 1.82) is 0 Å². The van der Waals surface area contributed by atoms with E-state index in [4.69, 9.17) is 0 Å². The van der Waals surface area contributed by atoms with Gasteiger partial charge in [0.2, 0.25) is 5.91 Å². The molecule has 0 radical (unpaired) electrons. The minimum atomic E-state index is -0.169. The Bertz CT molecular complexity index is 431. The van der Waals surface area contributed by atoms with Gasteiger partial charge in [0.25, 0.3) is 5.91 Å². The zero-order valence-corrected chi connectivity index (χ0v) is 12.5. The van der Waals surface area contributed by atoms with Gasteiger partial charge in [-0.05, 0) is 19.8 Å². The number of hydrogen-bond donors (Lipinski definition) is 1. The molecule has 0 aliphatic carbocycles. The van der Waals surface area contributed by atoms with Gasteiger partial charge in [0.1, 0.15) is 5.69 Å².